The standard InChI is InChI=1S/C68H59N3O2/c1-66(2,3)47-29-30-59(52(37-47)42-21-14-11-15-22-42)71-60-26-18-25-50(62(60)70-65(71)56-38-48(67(4,5)6)39-57(63(56)72)68(7,8)9)54-34-46(58-36-44(31-32-69-58)41-19-12-10-13-20-41)35-55-53-33-45-28-27-43-23-16-17-24-49(43)51(45)40-61(53)73-64(54)55/h10-40,72H,1-9H3. The van der Waals surface area contributed by atoms with Crippen LogP contribution < -0.4 is 0 Å². The number of fused-ring (bicyclic) bond motifs is 7. The Morgan fingerprint density at radius 3 is 1.89 bits per heavy atom. The van der Waals surface area contributed by atoms with Crippen LogP contribution in [0.1, 0.15) is 79.0 Å². The van der Waals surface area contributed by atoms with Crippen molar-refractivity contribution in [3.63, 3.8) is 0 Å². The average molecular weight is 950 g/mol. The van der Waals surface area contributed by atoms with Gasteiger partial charge in [0.2, 0.25) is 0 Å². The van der Waals surface area contributed by atoms with E-state index in [0.717, 1.165) is 105 Å². The van der Waals surface area contributed by atoms with Crippen molar-refractivity contribution in [2.45, 2.75) is 78.6 Å². The topological polar surface area (TPSA) is 64.1 Å². The number of benzene rings is 9. The number of rotatable bonds is 6. The van der Waals surface area contributed by atoms with E-state index in [1.54, 1.807) is 0 Å². The van der Waals surface area contributed by atoms with Gasteiger partial charge in [0.15, 0.2) is 0 Å². The second-order valence-electron chi connectivity index (χ2n) is 22.9. The molecule has 0 unspecified atom stereocenters. The average Bonchev–Trinajstić information content (AvgIpc) is 3.96. The summed E-state index contributed by atoms with van der Waals surface area (Å²) in [5, 5.41) is 19.4. The Kier molecular flexibility index (Phi) is 10.6. The SMILES string of the molecule is CC(C)(C)c1ccc(-n2c(-c3cc(C(C)(C)C)cc(C(C)(C)C)c3O)nc3c(-c4cc(-c5cc(-c6ccccc6)ccn5)cc5c4oc4cc6c(ccc7ccccc76)cc45)cccc32)c(-c2ccccc2)c1. The highest BCUT2D eigenvalue weighted by Crippen LogP contribution is 2.48. The van der Waals surface area contributed by atoms with Crippen molar-refractivity contribution in [1.29, 1.82) is 0 Å². The molecule has 73 heavy (non-hydrogen) atoms. The first-order chi connectivity index (χ1) is 35.0. The molecular weight excluding hydrogens is 891 g/mol. The van der Waals surface area contributed by atoms with Crippen LogP contribution in [0.3, 0.4) is 0 Å². The summed E-state index contributed by atoms with van der Waals surface area (Å²) >= 11 is 0. The second-order valence-corrected chi connectivity index (χ2v) is 22.9. The first-order valence-electron chi connectivity index (χ1n) is 25.4. The predicted octanol–water partition coefficient (Wildman–Crippen LogP) is 18.6. The van der Waals surface area contributed by atoms with E-state index in [0.29, 0.717) is 11.4 Å². The van der Waals surface area contributed by atoms with Gasteiger partial charge in [0.25, 0.3) is 0 Å². The van der Waals surface area contributed by atoms with E-state index in [1.165, 1.54) is 16.3 Å². The smallest absolute Gasteiger partial charge is 0.149 e. The van der Waals surface area contributed by atoms with E-state index in [4.69, 9.17) is 14.4 Å². The molecule has 12 rings (SSSR count). The molecule has 5 nitrogen and oxygen atoms in total. The molecule has 0 aliphatic rings. The van der Waals surface area contributed by atoms with Gasteiger partial charge in [-0.25, -0.2) is 4.98 Å². The highest BCUT2D eigenvalue weighted by Gasteiger charge is 2.30. The minimum atomic E-state index is -0.359. The molecule has 0 aliphatic heterocycles. The zero-order valence-corrected chi connectivity index (χ0v) is 43.1. The van der Waals surface area contributed by atoms with Crippen molar-refractivity contribution in [3.8, 4) is 67.5 Å². The molecular formula is C68H59N3O2. The summed E-state index contributed by atoms with van der Waals surface area (Å²) in [6.45, 7) is 20.0. The Bertz CT molecular complexity index is 4140. The number of imidazole rings is 1. The first kappa shape index (κ1) is 45.8. The molecule has 1 N–H and O–H groups in total. The van der Waals surface area contributed by atoms with Crippen molar-refractivity contribution in [2.24, 2.45) is 0 Å². The Labute approximate surface area is 427 Å². The zero-order valence-electron chi connectivity index (χ0n) is 43.1. The largest absolute Gasteiger partial charge is 0.507 e. The lowest BCUT2D eigenvalue weighted by atomic mass is 9.79. The molecule has 358 valence electrons. The summed E-state index contributed by atoms with van der Waals surface area (Å²) < 4.78 is 9.47. The van der Waals surface area contributed by atoms with Gasteiger partial charge in [0, 0.05) is 44.8 Å². The number of aromatic hydroxyl groups is 1. The van der Waals surface area contributed by atoms with Gasteiger partial charge in [-0.2, -0.15) is 0 Å². The van der Waals surface area contributed by atoms with Crippen molar-refractivity contribution in [3.05, 3.63) is 205 Å². The molecule has 0 atom stereocenters. The van der Waals surface area contributed by atoms with E-state index < -0.39 is 0 Å². The Morgan fingerprint density at radius 1 is 0.452 bits per heavy atom. The van der Waals surface area contributed by atoms with Crippen molar-refractivity contribution in [2.75, 3.05) is 0 Å². The number of furan rings is 1. The van der Waals surface area contributed by atoms with Gasteiger partial charge in [-0.1, -0.05) is 184 Å². The lowest BCUT2D eigenvalue weighted by Crippen LogP contribution is -2.17. The molecule has 12 aromatic rings. The maximum Gasteiger partial charge on any atom is 0.149 e. The Balaban J connectivity index is 1.20. The van der Waals surface area contributed by atoms with E-state index in [9.17, 15) is 5.11 Å². The van der Waals surface area contributed by atoms with Crippen LogP contribution in [0.4, 0.5) is 0 Å². The van der Waals surface area contributed by atoms with Crippen LogP contribution in [0.5, 0.6) is 5.75 Å². The maximum atomic E-state index is 12.7. The van der Waals surface area contributed by atoms with Crippen LogP contribution in [-0.2, 0) is 16.2 Å². The van der Waals surface area contributed by atoms with E-state index in [1.807, 2.05) is 12.3 Å². The van der Waals surface area contributed by atoms with Gasteiger partial charge in [0.1, 0.15) is 22.7 Å². The predicted molar refractivity (Wildman–Crippen MR) is 306 cm³/mol. The van der Waals surface area contributed by atoms with Crippen LogP contribution >= 0.6 is 0 Å². The number of phenolic OH excluding ortho intramolecular Hbond substituents is 1. The summed E-state index contributed by atoms with van der Waals surface area (Å²) in [7, 11) is 0. The van der Waals surface area contributed by atoms with Crippen LogP contribution in [0.15, 0.2) is 193 Å². The number of para-hydroxylation sites is 1. The summed E-state index contributed by atoms with van der Waals surface area (Å²) in [5.41, 5.74) is 15.5. The third kappa shape index (κ3) is 7.95. The zero-order chi connectivity index (χ0) is 50.6. The summed E-state index contributed by atoms with van der Waals surface area (Å²) in [5.74, 6) is 0.890. The van der Waals surface area contributed by atoms with Gasteiger partial charge in [-0.05, 0) is 126 Å². The van der Waals surface area contributed by atoms with Gasteiger partial charge >= 0.3 is 0 Å². The third-order valence-electron chi connectivity index (χ3n) is 14.8. The fourth-order valence-electron chi connectivity index (χ4n) is 10.7. The fourth-order valence-corrected chi connectivity index (χ4v) is 10.7. The van der Waals surface area contributed by atoms with Crippen LogP contribution in [0.2, 0.25) is 0 Å². The second kappa shape index (κ2) is 16.9. The fraction of sp³-hybridized carbons (Fsp3) is 0.176. The number of hydrogen-bond donors (Lipinski definition) is 1. The molecule has 0 amide bonds. The molecule has 0 radical (unpaired) electrons. The van der Waals surface area contributed by atoms with Crippen molar-refractivity contribution < 1.29 is 9.52 Å². The minimum Gasteiger partial charge on any atom is -0.507 e. The number of pyridine rings is 1. The summed E-state index contributed by atoms with van der Waals surface area (Å²) in [6.07, 6.45) is 1.90. The van der Waals surface area contributed by atoms with Crippen molar-refractivity contribution in [1.82, 2.24) is 14.5 Å². The van der Waals surface area contributed by atoms with Gasteiger partial charge in [-0.15, -0.1) is 0 Å². The molecule has 0 bridgehead atoms. The van der Waals surface area contributed by atoms with E-state index in [2.05, 4.69) is 243 Å². The first-order valence-corrected chi connectivity index (χ1v) is 25.4. The molecule has 3 aromatic heterocycles. The molecule has 0 saturated carbocycles. The third-order valence-corrected chi connectivity index (χ3v) is 14.8. The number of hydrogen-bond acceptors (Lipinski definition) is 4. The molecule has 0 fully saturated rings. The monoisotopic (exact) mass is 949 g/mol. The van der Waals surface area contributed by atoms with E-state index in [-0.39, 0.29) is 22.0 Å². The number of nitrogens with zero attached hydrogens (tertiary/aromatic N) is 3. The highest BCUT2D eigenvalue weighted by molar-refractivity contribution is 6.19. The lowest BCUT2D eigenvalue weighted by Gasteiger charge is -2.28. The molecule has 3 heterocycles. The minimum absolute atomic E-state index is 0.104. The quantitative estimate of drug-likeness (QED) is 0.169. The van der Waals surface area contributed by atoms with E-state index >= 15 is 0 Å². The molecule has 0 aliphatic carbocycles. The highest BCUT2D eigenvalue weighted by atomic mass is 16.3. The van der Waals surface area contributed by atoms with Gasteiger partial charge in [-0.3, -0.25) is 9.55 Å². The number of phenols is 1. The summed E-state index contributed by atoms with van der Waals surface area (Å²) in [4.78, 5) is 10.8. The molecule has 5 heteroatoms. The van der Waals surface area contributed by atoms with Gasteiger partial charge in [0.05, 0.1) is 28.0 Å². The van der Waals surface area contributed by atoms with Crippen LogP contribution in [-0.4, -0.2) is 19.6 Å². The lowest BCUT2D eigenvalue weighted by molar-refractivity contribution is 0.446. The molecule has 0 saturated heterocycles. The Morgan fingerprint density at radius 2 is 1.15 bits per heavy atom. The van der Waals surface area contributed by atoms with Crippen LogP contribution in [0.25, 0.3) is 116 Å². The van der Waals surface area contributed by atoms with Gasteiger partial charge < -0.3 is 9.52 Å². The normalized spacial score (nSPS) is 12.5. The molecule has 0 spiro atoms. The molecule has 9 aromatic carbocycles. The van der Waals surface area contributed by atoms with Crippen molar-refractivity contribution >= 4 is 54.5 Å². The Hall–Kier alpha value is -8.28. The maximum absolute atomic E-state index is 12.7. The van der Waals surface area contributed by atoms with Crippen LogP contribution in [0, 0.1) is 0 Å². The number of aromatic nitrogens is 3. The summed E-state index contributed by atoms with van der Waals surface area (Å²) in [6, 6.07) is 64.9.